The molecule has 10 heteroatoms. The third-order valence-corrected chi connectivity index (χ3v) is 3.87. The van der Waals surface area contributed by atoms with Crippen LogP contribution in [0.15, 0.2) is 24.5 Å². The van der Waals surface area contributed by atoms with Gasteiger partial charge in [-0.15, -0.1) is 0 Å². The third-order valence-electron chi connectivity index (χ3n) is 3.87. The zero-order chi connectivity index (χ0) is 19.9. The van der Waals surface area contributed by atoms with E-state index in [1.165, 1.54) is 5.56 Å². The number of carboxylic acid groups (broad SMARTS) is 2. The van der Waals surface area contributed by atoms with Crippen LogP contribution in [0.25, 0.3) is 0 Å². The molecule has 0 radical (unpaired) electrons. The quantitative estimate of drug-likeness (QED) is 0.764. The standard InChI is InChI=1S/C14H21N3O2.C2HF3O2/c1-11-7-15-17(8-11)10-13-3-5-16(6-4-13)9-12(2)14(18)19;3-2(4,5)1(6)7/h7-8,13H,2-6,9-10H2,1H3,(H,18,19);(H,6,7). The number of aliphatic carboxylic acids is 2. The lowest BCUT2D eigenvalue weighted by molar-refractivity contribution is -0.192. The van der Waals surface area contributed by atoms with Gasteiger partial charge in [0.1, 0.15) is 0 Å². The van der Waals surface area contributed by atoms with E-state index in [1.54, 1.807) is 0 Å². The molecule has 0 aromatic carbocycles. The van der Waals surface area contributed by atoms with E-state index in [0.717, 1.165) is 32.5 Å². The van der Waals surface area contributed by atoms with Gasteiger partial charge in [0.15, 0.2) is 0 Å². The van der Waals surface area contributed by atoms with Crippen molar-refractivity contribution in [2.75, 3.05) is 19.6 Å². The van der Waals surface area contributed by atoms with E-state index in [9.17, 15) is 18.0 Å². The molecule has 0 saturated carbocycles. The van der Waals surface area contributed by atoms with Gasteiger partial charge in [0.2, 0.25) is 0 Å². The molecule has 1 aliphatic heterocycles. The second kappa shape index (κ2) is 9.37. The molecule has 0 spiro atoms. The first-order chi connectivity index (χ1) is 12.0. The predicted octanol–water partition coefficient (Wildman–Crippen LogP) is 2.18. The first-order valence-corrected chi connectivity index (χ1v) is 7.91. The summed E-state index contributed by atoms with van der Waals surface area (Å²) in [5, 5.41) is 20.3. The number of aromatic nitrogens is 2. The van der Waals surface area contributed by atoms with Crippen LogP contribution in [-0.2, 0) is 16.1 Å². The van der Waals surface area contributed by atoms with E-state index >= 15 is 0 Å². The molecule has 0 aliphatic carbocycles. The van der Waals surface area contributed by atoms with Gasteiger partial charge in [0, 0.05) is 24.9 Å². The maximum atomic E-state index is 10.7. The number of hydrogen-bond acceptors (Lipinski definition) is 4. The van der Waals surface area contributed by atoms with Crippen LogP contribution in [0, 0.1) is 12.8 Å². The van der Waals surface area contributed by atoms with Crippen LogP contribution in [0.1, 0.15) is 18.4 Å². The Kier molecular flexibility index (Phi) is 7.81. The number of likely N-dealkylation sites (tertiary alicyclic amines) is 1. The molecule has 2 heterocycles. The first-order valence-electron chi connectivity index (χ1n) is 7.91. The minimum absolute atomic E-state index is 0.279. The summed E-state index contributed by atoms with van der Waals surface area (Å²) in [7, 11) is 0. The molecule has 1 aromatic rings. The lowest BCUT2D eigenvalue weighted by Crippen LogP contribution is -2.37. The summed E-state index contributed by atoms with van der Waals surface area (Å²) in [6, 6.07) is 0. The summed E-state index contributed by atoms with van der Waals surface area (Å²) in [6.45, 7) is 8.95. The molecule has 1 aromatic heterocycles. The van der Waals surface area contributed by atoms with Gasteiger partial charge < -0.3 is 10.2 Å². The van der Waals surface area contributed by atoms with Crippen LogP contribution >= 0.6 is 0 Å². The fourth-order valence-electron chi connectivity index (χ4n) is 2.50. The largest absolute Gasteiger partial charge is 0.490 e. The Morgan fingerprint density at radius 3 is 2.23 bits per heavy atom. The average Bonchev–Trinajstić information content (AvgIpc) is 2.94. The molecular weight excluding hydrogens is 355 g/mol. The molecule has 26 heavy (non-hydrogen) atoms. The van der Waals surface area contributed by atoms with E-state index < -0.39 is 18.1 Å². The maximum absolute atomic E-state index is 10.7. The number of nitrogens with zero attached hydrogens (tertiary/aromatic N) is 3. The van der Waals surface area contributed by atoms with E-state index in [2.05, 4.69) is 22.8 Å². The van der Waals surface area contributed by atoms with Crippen molar-refractivity contribution in [2.45, 2.75) is 32.5 Å². The summed E-state index contributed by atoms with van der Waals surface area (Å²) in [5.74, 6) is -3.02. The number of carboxylic acids is 2. The fourth-order valence-corrected chi connectivity index (χ4v) is 2.50. The Bertz CT molecular complexity index is 635. The Morgan fingerprint density at radius 2 is 1.85 bits per heavy atom. The lowest BCUT2D eigenvalue weighted by Gasteiger charge is -2.31. The SMILES string of the molecule is C=C(CN1CCC(Cn2cc(C)cn2)CC1)C(=O)O.O=C(O)C(F)(F)F. The lowest BCUT2D eigenvalue weighted by atomic mass is 9.96. The number of halogens is 3. The van der Waals surface area contributed by atoms with E-state index in [1.807, 2.05) is 17.8 Å². The van der Waals surface area contributed by atoms with Crippen molar-refractivity contribution >= 4 is 11.9 Å². The Labute approximate surface area is 148 Å². The molecule has 0 bridgehead atoms. The van der Waals surface area contributed by atoms with Crippen molar-refractivity contribution in [3.05, 3.63) is 30.1 Å². The van der Waals surface area contributed by atoms with Gasteiger partial charge in [-0.25, -0.2) is 9.59 Å². The molecule has 1 saturated heterocycles. The number of rotatable bonds is 5. The number of aryl methyl sites for hydroxylation is 1. The van der Waals surface area contributed by atoms with Crippen molar-refractivity contribution in [3.8, 4) is 0 Å². The minimum Gasteiger partial charge on any atom is -0.478 e. The fraction of sp³-hybridized carbons (Fsp3) is 0.562. The molecule has 146 valence electrons. The number of piperidine rings is 1. The van der Waals surface area contributed by atoms with Gasteiger partial charge in [-0.3, -0.25) is 9.58 Å². The zero-order valence-corrected chi connectivity index (χ0v) is 14.4. The molecule has 0 amide bonds. The average molecular weight is 377 g/mol. The van der Waals surface area contributed by atoms with Gasteiger partial charge in [-0.1, -0.05) is 6.58 Å². The monoisotopic (exact) mass is 377 g/mol. The number of alkyl halides is 3. The van der Waals surface area contributed by atoms with Crippen LogP contribution in [0.3, 0.4) is 0 Å². The number of carbonyl (C=O) groups is 2. The van der Waals surface area contributed by atoms with Crippen molar-refractivity contribution < 1.29 is 33.0 Å². The minimum atomic E-state index is -5.08. The zero-order valence-electron chi connectivity index (χ0n) is 14.4. The first kappa shape index (κ1) is 21.7. The highest BCUT2D eigenvalue weighted by atomic mass is 19.4. The van der Waals surface area contributed by atoms with Gasteiger partial charge in [-0.2, -0.15) is 18.3 Å². The van der Waals surface area contributed by atoms with E-state index in [0.29, 0.717) is 12.5 Å². The second-order valence-corrected chi connectivity index (χ2v) is 6.17. The molecule has 2 rings (SSSR count). The Balaban J connectivity index is 0.000000412. The molecule has 2 N–H and O–H groups in total. The summed E-state index contributed by atoms with van der Waals surface area (Å²) < 4.78 is 33.7. The summed E-state index contributed by atoms with van der Waals surface area (Å²) in [6.07, 6.45) is 1.04. The third kappa shape index (κ3) is 7.68. The molecule has 0 unspecified atom stereocenters. The van der Waals surface area contributed by atoms with Gasteiger partial charge in [-0.05, 0) is 44.3 Å². The Hall–Kier alpha value is -2.36. The molecule has 1 fully saturated rings. The maximum Gasteiger partial charge on any atom is 0.490 e. The van der Waals surface area contributed by atoms with Gasteiger partial charge in [0.05, 0.1) is 6.20 Å². The molecule has 0 atom stereocenters. The van der Waals surface area contributed by atoms with Crippen molar-refractivity contribution in [1.29, 1.82) is 0 Å². The van der Waals surface area contributed by atoms with Crippen LogP contribution in [0.5, 0.6) is 0 Å². The normalized spacial score (nSPS) is 15.8. The van der Waals surface area contributed by atoms with Crippen LogP contribution in [0.2, 0.25) is 0 Å². The van der Waals surface area contributed by atoms with Crippen molar-refractivity contribution in [1.82, 2.24) is 14.7 Å². The van der Waals surface area contributed by atoms with Crippen LogP contribution in [-0.4, -0.2) is 62.6 Å². The van der Waals surface area contributed by atoms with Gasteiger partial charge in [0.25, 0.3) is 0 Å². The van der Waals surface area contributed by atoms with Crippen LogP contribution in [0.4, 0.5) is 13.2 Å². The highest BCUT2D eigenvalue weighted by Gasteiger charge is 2.38. The van der Waals surface area contributed by atoms with Crippen molar-refractivity contribution in [3.63, 3.8) is 0 Å². The molecular formula is C16H22F3N3O4. The summed E-state index contributed by atoms with van der Waals surface area (Å²) in [4.78, 5) is 21.8. The van der Waals surface area contributed by atoms with E-state index in [4.69, 9.17) is 15.0 Å². The number of hydrogen-bond donors (Lipinski definition) is 2. The summed E-state index contributed by atoms with van der Waals surface area (Å²) >= 11 is 0. The molecule has 1 aliphatic rings. The highest BCUT2D eigenvalue weighted by Crippen LogP contribution is 2.19. The predicted molar refractivity (Wildman–Crippen MR) is 86.6 cm³/mol. The van der Waals surface area contributed by atoms with Gasteiger partial charge >= 0.3 is 18.1 Å². The Morgan fingerprint density at radius 1 is 1.31 bits per heavy atom. The van der Waals surface area contributed by atoms with Crippen LogP contribution < -0.4 is 0 Å². The van der Waals surface area contributed by atoms with E-state index in [-0.39, 0.29) is 5.57 Å². The topological polar surface area (TPSA) is 95.7 Å². The molecule has 7 nitrogen and oxygen atoms in total. The smallest absolute Gasteiger partial charge is 0.478 e. The second-order valence-electron chi connectivity index (χ2n) is 6.17. The highest BCUT2D eigenvalue weighted by molar-refractivity contribution is 5.86. The van der Waals surface area contributed by atoms with Crippen molar-refractivity contribution in [2.24, 2.45) is 5.92 Å². The summed E-state index contributed by atoms with van der Waals surface area (Å²) in [5.41, 5.74) is 1.47.